The van der Waals surface area contributed by atoms with Gasteiger partial charge in [-0.3, -0.25) is 9.59 Å². The summed E-state index contributed by atoms with van der Waals surface area (Å²) in [6, 6.07) is 8.61. The Hall–Kier alpha value is -1.84. The highest BCUT2D eigenvalue weighted by Gasteiger charge is 2.34. The van der Waals surface area contributed by atoms with Crippen LogP contribution < -0.4 is 0 Å². The Kier molecular flexibility index (Phi) is 6.20. The molecule has 2 rings (SSSR count). The van der Waals surface area contributed by atoms with Gasteiger partial charge in [-0.15, -0.1) is 0 Å². The third-order valence-corrected chi connectivity index (χ3v) is 4.22. The zero-order valence-electron chi connectivity index (χ0n) is 14.4. The van der Waals surface area contributed by atoms with E-state index < -0.39 is 0 Å². The Morgan fingerprint density at radius 3 is 2.48 bits per heavy atom. The van der Waals surface area contributed by atoms with Gasteiger partial charge in [0.2, 0.25) is 5.91 Å². The molecular formula is C19H27NO3. The first kappa shape index (κ1) is 17.5. The lowest BCUT2D eigenvalue weighted by Crippen LogP contribution is -2.39. The fourth-order valence-electron chi connectivity index (χ4n) is 2.64. The predicted octanol–water partition coefficient (Wildman–Crippen LogP) is 3.12. The molecular weight excluding hydrogens is 290 g/mol. The second-order valence-corrected chi connectivity index (χ2v) is 6.42. The maximum Gasteiger partial charge on any atom is 0.310 e. The predicted molar refractivity (Wildman–Crippen MR) is 90.0 cm³/mol. The van der Waals surface area contributed by atoms with Gasteiger partial charge >= 0.3 is 5.97 Å². The minimum atomic E-state index is -0.265. The molecule has 0 heterocycles. The van der Waals surface area contributed by atoms with E-state index in [0.717, 1.165) is 19.3 Å². The molecule has 1 atom stereocenters. The maximum absolute atomic E-state index is 12.6. The fourth-order valence-corrected chi connectivity index (χ4v) is 2.64. The van der Waals surface area contributed by atoms with Crippen molar-refractivity contribution in [1.82, 2.24) is 4.90 Å². The van der Waals surface area contributed by atoms with Gasteiger partial charge in [-0.1, -0.05) is 36.8 Å². The molecule has 1 aromatic carbocycles. The normalized spacial score (nSPS) is 15.1. The van der Waals surface area contributed by atoms with Crippen LogP contribution in [0.3, 0.4) is 0 Å². The van der Waals surface area contributed by atoms with E-state index in [0.29, 0.717) is 25.6 Å². The average Bonchev–Trinajstić information content (AvgIpc) is 3.36. The van der Waals surface area contributed by atoms with Crippen LogP contribution in [0.5, 0.6) is 0 Å². The summed E-state index contributed by atoms with van der Waals surface area (Å²) in [4.78, 5) is 26.2. The molecule has 1 saturated carbocycles. The molecule has 4 heteroatoms. The third-order valence-electron chi connectivity index (χ3n) is 4.22. The second kappa shape index (κ2) is 8.14. The fraction of sp³-hybridized carbons (Fsp3) is 0.579. The number of aryl methyl sites for hydroxylation is 2. The zero-order chi connectivity index (χ0) is 16.8. The molecule has 0 N–H and O–H groups in total. The summed E-state index contributed by atoms with van der Waals surface area (Å²) in [6.45, 7) is 6.54. The van der Waals surface area contributed by atoms with Crippen LogP contribution in [-0.2, 0) is 20.7 Å². The summed E-state index contributed by atoms with van der Waals surface area (Å²) >= 11 is 0. The van der Waals surface area contributed by atoms with Gasteiger partial charge in [-0.25, -0.2) is 0 Å². The monoisotopic (exact) mass is 317 g/mol. The van der Waals surface area contributed by atoms with E-state index in [2.05, 4.69) is 31.2 Å². The number of benzene rings is 1. The van der Waals surface area contributed by atoms with Crippen molar-refractivity contribution in [3.8, 4) is 0 Å². The van der Waals surface area contributed by atoms with Crippen LogP contribution in [0.2, 0.25) is 0 Å². The van der Waals surface area contributed by atoms with Crippen molar-refractivity contribution in [3.63, 3.8) is 0 Å². The van der Waals surface area contributed by atoms with Crippen LogP contribution >= 0.6 is 0 Å². The van der Waals surface area contributed by atoms with E-state index in [4.69, 9.17) is 4.74 Å². The van der Waals surface area contributed by atoms with E-state index in [1.807, 2.05) is 11.8 Å². The summed E-state index contributed by atoms with van der Waals surface area (Å²) in [5, 5.41) is 0. The Morgan fingerprint density at radius 2 is 1.91 bits per heavy atom. The molecule has 4 nitrogen and oxygen atoms in total. The van der Waals surface area contributed by atoms with Crippen LogP contribution in [0, 0.1) is 12.8 Å². The molecule has 1 aliphatic carbocycles. The minimum Gasteiger partial charge on any atom is -0.466 e. The number of hydrogen-bond donors (Lipinski definition) is 0. The van der Waals surface area contributed by atoms with E-state index in [9.17, 15) is 9.59 Å². The van der Waals surface area contributed by atoms with Crippen molar-refractivity contribution in [2.45, 2.75) is 52.5 Å². The number of amides is 1. The Bertz CT molecular complexity index is 534. The van der Waals surface area contributed by atoms with Crippen molar-refractivity contribution in [1.29, 1.82) is 0 Å². The number of hydrogen-bond acceptors (Lipinski definition) is 3. The molecule has 0 bridgehead atoms. The largest absolute Gasteiger partial charge is 0.466 e. The molecule has 1 aromatic rings. The molecule has 0 radical (unpaired) electrons. The number of esters is 1. The molecule has 0 saturated heterocycles. The topological polar surface area (TPSA) is 46.6 Å². The Labute approximate surface area is 138 Å². The van der Waals surface area contributed by atoms with Gasteiger partial charge in [0, 0.05) is 19.0 Å². The van der Waals surface area contributed by atoms with Crippen molar-refractivity contribution in [2.24, 2.45) is 5.92 Å². The molecule has 23 heavy (non-hydrogen) atoms. The second-order valence-electron chi connectivity index (χ2n) is 6.42. The highest BCUT2D eigenvalue weighted by atomic mass is 16.5. The first-order valence-electron chi connectivity index (χ1n) is 8.53. The van der Waals surface area contributed by atoms with Crippen LogP contribution in [0.4, 0.5) is 0 Å². The third kappa shape index (κ3) is 5.38. The van der Waals surface area contributed by atoms with E-state index in [-0.39, 0.29) is 17.8 Å². The van der Waals surface area contributed by atoms with Gasteiger partial charge in [0.05, 0.1) is 12.5 Å². The van der Waals surface area contributed by atoms with Gasteiger partial charge in [-0.05, 0) is 38.7 Å². The van der Waals surface area contributed by atoms with Crippen molar-refractivity contribution >= 4 is 11.9 Å². The van der Waals surface area contributed by atoms with E-state index in [1.165, 1.54) is 11.1 Å². The summed E-state index contributed by atoms with van der Waals surface area (Å²) < 4.78 is 5.05. The van der Waals surface area contributed by atoms with Crippen LogP contribution in [0.25, 0.3) is 0 Å². The molecule has 1 aliphatic rings. The molecule has 126 valence electrons. The van der Waals surface area contributed by atoms with Crippen molar-refractivity contribution in [3.05, 3.63) is 35.4 Å². The van der Waals surface area contributed by atoms with Gasteiger partial charge in [0.25, 0.3) is 0 Å². The summed E-state index contributed by atoms with van der Waals surface area (Å²) in [6.07, 6.45) is 3.34. The minimum absolute atomic E-state index is 0.143. The van der Waals surface area contributed by atoms with Crippen LogP contribution in [0.1, 0.15) is 44.2 Å². The van der Waals surface area contributed by atoms with Gasteiger partial charge in [0.15, 0.2) is 0 Å². The lowest BCUT2D eigenvalue weighted by atomic mass is 10.1. The maximum atomic E-state index is 12.6. The summed E-state index contributed by atoms with van der Waals surface area (Å²) in [5.41, 5.74) is 2.40. The molecule has 0 aromatic heterocycles. The number of rotatable bonds is 8. The van der Waals surface area contributed by atoms with Crippen molar-refractivity contribution < 1.29 is 14.3 Å². The van der Waals surface area contributed by atoms with Crippen LogP contribution in [0.15, 0.2) is 24.3 Å². The SMILES string of the molecule is CCOC(=O)C(C)CN(C(=O)CCc1ccc(C)cc1)C1CC1. The lowest BCUT2D eigenvalue weighted by molar-refractivity contribution is -0.149. The summed E-state index contributed by atoms with van der Waals surface area (Å²) in [7, 11) is 0. The highest BCUT2D eigenvalue weighted by Crippen LogP contribution is 2.28. The highest BCUT2D eigenvalue weighted by molar-refractivity contribution is 5.78. The molecule has 0 spiro atoms. The Morgan fingerprint density at radius 1 is 1.26 bits per heavy atom. The first-order valence-corrected chi connectivity index (χ1v) is 8.53. The first-order chi connectivity index (χ1) is 11.0. The molecule has 1 unspecified atom stereocenters. The smallest absolute Gasteiger partial charge is 0.310 e. The number of ether oxygens (including phenoxy) is 1. The van der Waals surface area contributed by atoms with Crippen LogP contribution in [-0.4, -0.2) is 36.0 Å². The number of carbonyl (C=O) groups is 2. The Balaban J connectivity index is 1.88. The van der Waals surface area contributed by atoms with Gasteiger partial charge < -0.3 is 9.64 Å². The standard InChI is InChI=1S/C19H27NO3/c1-4-23-19(22)15(3)13-20(17-10-11-17)18(21)12-9-16-7-5-14(2)6-8-16/h5-8,15,17H,4,9-13H2,1-3H3. The molecule has 1 amide bonds. The number of carbonyl (C=O) groups excluding carboxylic acids is 2. The molecule has 0 aliphatic heterocycles. The number of nitrogens with zero attached hydrogens (tertiary/aromatic N) is 1. The zero-order valence-corrected chi connectivity index (χ0v) is 14.4. The average molecular weight is 317 g/mol. The van der Waals surface area contributed by atoms with Gasteiger partial charge in [0.1, 0.15) is 0 Å². The van der Waals surface area contributed by atoms with E-state index >= 15 is 0 Å². The van der Waals surface area contributed by atoms with Crippen molar-refractivity contribution in [2.75, 3.05) is 13.2 Å². The quantitative estimate of drug-likeness (QED) is 0.692. The molecule has 1 fully saturated rings. The lowest BCUT2D eigenvalue weighted by Gasteiger charge is -2.25. The van der Waals surface area contributed by atoms with E-state index in [1.54, 1.807) is 6.92 Å². The summed E-state index contributed by atoms with van der Waals surface area (Å²) in [5.74, 6) is -0.340. The van der Waals surface area contributed by atoms with Gasteiger partial charge in [-0.2, -0.15) is 0 Å².